The Balaban J connectivity index is 2.09. The van der Waals surface area contributed by atoms with Gasteiger partial charge < -0.3 is 20.3 Å². The largest absolute Gasteiger partial charge is 0.378 e. The van der Waals surface area contributed by atoms with Crippen molar-refractivity contribution in [2.75, 3.05) is 38.2 Å². The summed E-state index contributed by atoms with van der Waals surface area (Å²) in [5.41, 5.74) is 0.859. The normalized spacial score (nSPS) is 14.6. The van der Waals surface area contributed by atoms with Crippen molar-refractivity contribution in [2.45, 2.75) is 33.2 Å². The van der Waals surface area contributed by atoms with Crippen molar-refractivity contribution in [2.24, 2.45) is 0 Å². The van der Waals surface area contributed by atoms with Crippen molar-refractivity contribution in [1.82, 2.24) is 20.0 Å². The van der Waals surface area contributed by atoms with Gasteiger partial charge in [-0.15, -0.1) is 0 Å². The predicted octanol–water partition coefficient (Wildman–Crippen LogP) is 1.30. The molecule has 1 fully saturated rings. The summed E-state index contributed by atoms with van der Waals surface area (Å²) in [5.74, 6) is -0.128. The van der Waals surface area contributed by atoms with Gasteiger partial charge in [-0.3, -0.25) is 9.48 Å². The minimum absolute atomic E-state index is 0.128. The number of hydrogen-bond acceptors (Lipinski definition) is 4. The van der Waals surface area contributed by atoms with E-state index in [1.165, 1.54) is 6.20 Å². The Morgan fingerprint density at radius 1 is 1.30 bits per heavy atom. The molecular formula is C15H25N5O3. The fourth-order valence-electron chi connectivity index (χ4n) is 2.40. The van der Waals surface area contributed by atoms with Crippen molar-refractivity contribution < 1.29 is 14.3 Å². The molecule has 8 nitrogen and oxygen atoms in total. The highest BCUT2D eigenvalue weighted by Crippen LogP contribution is 2.18. The van der Waals surface area contributed by atoms with E-state index in [-0.39, 0.29) is 11.9 Å². The van der Waals surface area contributed by atoms with Crippen LogP contribution in [-0.2, 0) is 11.3 Å². The lowest BCUT2D eigenvalue weighted by Gasteiger charge is -2.27. The molecule has 3 amide bonds. The number of urea groups is 1. The van der Waals surface area contributed by atoms with Crippen LogP contribution < -0.4 is 10.6 Å². The van der Waals surface area contributed by atoms with E-state index in [4.69, 9.17) is 4.74 Å². The lowest BCUT2D eigenvalue weighted by atomic mass is 10.3. The summed E-state index contributed by atoms with van der Waals surface area (Å²) in [7, 11) is 0. The third-order valence-corrected chi connectivity index (χ3v) is 3.70. The zero-order valence-corrected chi connectivity index (χ0v) is 13.8. The third kappa shape index (κ3) is 4.44. The molecule has 2 rings (SSSR count). The average molecular weight is 323 g/mol. The first-order valence-electron chi connectivity index (χ1n) is 8.15. The quantitative estimate of drug-likeness (QED) is 0.772. The van der Waals surface area contributed by atoms with Gasteiger partial charge in [0.1, 0.15) is 5.69 Å². The van der Waals surface area contributed by atoms with Gasteiger partial charge in [0.2, 0.25) is 0 Å². The zero-order valence-electron chi connectivity index (χ0n) is 13.8. The molecule has 0 bridgehead atoms. The zero-order chi connectivity index (χ0) is 16.7. The lowest BCUT2D eigenvalue weighted by molar-refractivity contribution is 0.0295. The Kier molecular flexibility index (Phi) is 6.40. The fraction of sp³-hybridized carbons (Fsp3) is 0.667. The molecule has 23 heavy (non-hydrogen) atoms. The summed E-state index contributed by atoms with van der Waals surface area (Å²) in [6.07, 6.45) is 3.45. The second-order valence-electron chi connectivity index (χ2n) is 5.36. The number of unbranched alkanes of at least 4 members (excludes halogenated alkanes) is 1. The molecule has 2 heterocycles. The van der Waals surface area contributed by atoms with Gasteiger partial charge in [0.05, 0.1) is 25.1 Å². The molecule has 0 aliphatic carbocycles. The first-order chi connectivity index (χ1) is 11.2. The Morgan fingerprint density at radius 3 is 2.70 bits per heavy atom. The second-order valence-corrected chi connectivity index (χ2v) is 5.36. The number of hydrogen-bond donors (Lipinski definition) is 2. The monoisotopic (exact) mass is 323 g/mol. The highest BCUT2D eigenvalue weighted by molar-refractivity contribution is 6.02. The van der Waals surface area contributed by atoms with Gasteiger partial charge in [0, 0.05) is 26.2 Å². The van der Waals surface area contributed by atoms with Crippen LogP contribution in [0.3, 0.4) is 0 Å². The van der Waals surface area contributed by atoms with Crippen molar-refractivity contribution >= 4 is 17.6 Å². The van der Waals surface area contributed by atoms with Gasteiger partial charge in [0.25, 0.3) is 5.91 Å². The lowest BCUT2D eigenvalue weighted by Crippen LogP contribution is -2.42. The highest BCUT2D eigenvalue weighted by atomic mass is 16.5. The highest BCUT2D eigenvalue weighted by Gasteiger charge is 2.25. The molecule has 2 N–H and O–H groups in total. The maximum Gasteiger partial charge on any atom is 0.319 e. The molecule has 1 aromatic heterocycles. The first kappa shape index (κ1) is 17.3. The van der Waals surface area contributed by atoms with Gasteiger partial charge in [-0.05, 0) is 13.3 Å². The summed E-state index contributed by atoms with van der Waals surface area (Å²) in [5, 5.41) is 9.70. The van der Waals surface area contributed by atoms with Crippen LogP contribution in [0.4, 0.5) is 10.5 Å². The van der Waals surface area contributed by atoms with E-state index in [9.17, 15) is 9.59 Å². The molecule has 0 aromatic carbocycles. The molecule has 1 aliphatic rings. The number of aryl methyl sites for hydroxylation is 1. The van der Waals surface area contributed by atoms with Crippen LogP contribution >= 0.6 is 0 Å². The number of amides is 3. The number of nitrogens with zero attached hydrogens (tertiary/aromatic N) is 3. The number of carbonyl (C=O) groups excluding carboxylic acids is 2. The molecule has 1 aromatic rings. The summed E-state index contributed by atoms with van der Waals surface area (Å²) in [6.45, 7) is 7.31. The maximum absolute atomic E-state index is 12.7. The molecule has 0 spiro atoms. The molecule has 1 aliphatic heterocycles. The van der Waals surface area contributed by atoms with E-state index in [1.807, 2.05) is 6.92 Å². The average Bonchev–Trinajstić information content (AvgIpc) is 2.97. The SMILES string of the molecule is CCCCNC(=O)Nc1cnn(CC)c1C(=O)N1CCOCC1. The van der Waals surface area contributed by atoms with E-state index in [1.54, 1.807) is 9.58 Å². The predicted molar refractivity (Wildman–Crippen MR) is 86.6 cm³/mol. The van der Waals surface area contributed by atoms with Crippen LogP contribution in [0.25, 0.3) is 0 Å². The van der Waals surface area contributed by atoms with E-state index >= 15 is 0 Å². The van der Waals surface area contributed by atoms with E-state index in [0.717, 1.165) is 12.8 Å². The smallest absolute Gasteiger partial charge is 0.319 e. The van der Waals surface area contributed by atoms with E-state index in [2.05, 4.69) is 22.7 Å². The number of rotatable bonds is 6. The molecular weight excluding hydrogens is 298 g/mol. The summed E-state index contributed by atoms with van der Waals surface area (Å²) < 4.78 is 6.89. The minimum atomic E-state index is -0.315. The standard InChI is InChI=1S/C15H25N5O3/c1-3-5-6-16-15(22)18-12-11-17-20(4-2)13(12)14(21)19-7-9-23-10-8-19/h11H,3-10H2,1-2H3,(H2,16,18,22). The summed E-state index contributed by atoms with van der Waals surface area (Å²) in [4.78, 5) is 26.4. The van der Waals surface area contributed by atoms with Gasteiger partial charge in [-0.2, -0.15) is 5.10 Å². The first-order valence-corrected chi connectivity index (χ1v) is 8.15. The van der Waals surface area contributed by atoms with Gasteiger partial charge in [-0.1, -0.05) is 13.3 Å². The van der Waals surface area contributed by atoms with E-state index < -0.39 is 0 Å². The Labute approximate surface area is 136 Å². The number of anilines is 1. The Bertz CT molecular complexity index is 537. The number of nitrogens with one attached hydrogen (secondary N) is 2. The van der Waals surface area contributed by atoms with Gasteiger partial charge in [-0.25, -0.2) is 4.79 Å². The number of ether oxygens (including phenoxy) is 1. The van der Waals surface area contributed by atoms with Crippen LogP contribution in [0, 0.1) is 0 Å². The number of morpholine rings is 1. The molecule has 0 atom stereocenters. The van der Waals surface area contributed by atoms with Crippen molar-refractivity contribution in [3.8, 4) is 0 Å². The van der Waals surface area contributed by atoms with Crippen LogP contribution in [-0.4, -0.2) is 59.5 Å². The third-order valence-electron chi connectivity index (χ3n) is 3.70. The minimum Gasteiger partial charge on any atom is -0.378 e. The van der Waals surface area contributed by atoms with Crippen LogP contribution in [0.5, 0.6) is 0 Å². The molecule has 0 radical (unpaired) electrons. The van der Waals surface area contributed by atoms with Crippen LogP contribution in [0.15, 0.2) is 6.20 Å². The number of carbonyl (C=O) groups is 2. The molecule has 1 saturated heterocycles. The maximum atomic E-state index is 12.7. The van der Waals surface area contributed by atoms with Crippen molar-refractivity contribution in [3.05, 3.63) is 11.9 Å². The van der Waals surface area contributed by atoms with Crippen molar-refractivity contribution in [3.63, 3.8) is 0 Å². The van der Waals surface area contributed by atoms with Crippen molar-refractivity contribution in [1.29, 1.82) is 0 Å². The summed E-state index contributed by atoms with van der Waals surface area (Å²) >= 11 is 0. The molecule has 0 unspecified atom stereocenters. The van der Waals surface area contributed by atoms with Gasteiger partial charge >= 0.3 is 6.03 Å². The van der Waals surface area contributed by atoms with Crippen LogP contribution in [0.2, 0.25) is 0 Å². The molecule has 0 saturated carbocycles. The topological polar surface area (TPSA) is 88.5 Å². The Hall–Kier alpha value is -2.09. The van der Waals surface area contributed by atoms with Gasteiger partial charge in [0.15, 0.2) is 0 Å². The second kappa shape index (κ2) is 8.52. The van der Waals surface area contributed by atoms with Crippen LogP contribution in [0.1, 0.15) is 37.2 Å². The van der Waals surface area contributed by atoms with E-state index in [0.29, 0.717) is 50.8 Å². The number of aromatic nitrogens is 2. The molecule has 128 valence electrons. The Morgan fingerprint density at radius 2 is 2.04 bits per heavy atom. The fourth-order valence-corrected chi connectivity index (χ4v) is 2.40. The molecule has 8 heteroatoms. The summed E-state index contributed by atoms with van der Waals surface area (Å²) in [6, 6.07) is -0.315.